The summed E-state index contributed by atoms with van der Waals surface area (Å²) < 4.78 is 0. The van der Waals surface area contributed by atoms with Crippen LogP contribution in [0.3, 0.4) is 0 Å². The SMILES string of the molecule is Cc1cccc(C(C)C(Nc2ccccc2C(=O)Nc2ccc(Cl)cn2)C2CCNCC2)c1. The summed E-state index contributed by atoms with van der Waals surface area (Å²) in [4.78, 5) is 17.3. The van der Waals surface area contributed by atoms with Crippen molar-refractivity contribution in [1.29, 1.82) is 0 Å². The molecule has 1 amide bonds. The number of halogens is 1. The lowest BCUT2D eigenvalue weighted by molar-refractivity contribution is 0.102. The first-order chi connectivity index (χ1) is 16.0. The van der Waals surface area contributed by atoms with Crippen LogP contribution < -0.4 is 16.0 Å². The van der Waals surface area contributed by atoms with Crippen molar-refractivity contribution in [3.8, 4) is 0 Å². The summed E-state index contributed by atoms with van der Waals surface area (Å²) in [6, 6.07) is 20.1. The van der Waals surface area contributed by atoms with Crippen LogP contribution in [0.2, 0.25) is 5.02 Å². The second-order valence-corrected chi connectivity index (χ2v) is 9.26. The topological polar surface area (TPSA) is 66.0 Å². The van der Waals surface area contributed by atoms with Gasteiger partial charge in [0.15, 0.2) is 0 Å². The third-order valence-electron chi connectivity index (χ3n) is 6.46. The van der Waals surface area contributed by atoms with Crippen molar-refractivity contribution in [1.82, 2.24) is 10.3 Å². The van der Waals surface area contributed by atoms with Gasteiger partial charge in [-0.1, -0.05) is 60.5 Å². The molecular weight excluding hydrogens is 432 g/mol. The van der Waals surface area contributed by atoms with Crippen LogP contribution in [0.5, 0.6) is 0 Å². The number of nitrogens with one attached hydrogen (secondary N) is 3. The van der Waals surface area contributed by atoms with Gasteiger partial charge < -0.3 is 16.0 Å². The van der Waals surface area contributed by atoms with Gasteiger partial charge in [0.2, 0.25) is 0 Å². The standard InChI is InChI=1S/C27H31ClN4O/c1-18-6-5-7-21(16-18)19(2)26(20-12-14-29-15-13-20)31-24-9-4-3-8-23(24)27(33)32-25-11-10-22(28)17-30-25/h3-11,16-17,19-20,26,29,31H,12-15H2,1-2H3,(H,30,32,33). The first kappa shape index (κ1) is 23.3. The molecule has 6 heteroatoms. The minimum atomic E-state index is -0.194. The van der Waals surface area contributed by atoms with Gasteiger partial charge in [-0.05, 0) is 68.6 Å². The highest BCUT2D eigenvalue weighted by atomic mass is 35.5. The van der Waals surface area contributed by atoms with Crippen LogP contribution in [0.25, 0.3) is 0 Å². The van der Waals surface area contributed by atoms with Gasteiger partial charge in [-0.25, -0.2) is 4.98 Å². The van der Waals surface area contributed by atoms with E-state index >= 15 is 0 Å². The molecule has 4 rings (SSSR count). The molecule has 1 fully saturated rings. The fraction of sp³-hybridized carbons (Fsp3) is 0.333. The Kier molecular flexibility index (Phi) is 7.63. The quantitative estimate of drug-likeness (QED) is 0.410. The van der Waals surface area contributed by atoms with Crippen LogP contribution in [0.15, 0.2) is 66.9 Å². The van der Waals surface area contributed by atoms with Gasteiger partial charge in [0.05, 0.1) is 10.6 Å². The zero-order valence-corrected chi connectivity index (χ0v) is 19.9. The molecule has 3 N–H and O–H groups in total. The summed E-state index contributed by atoms with van der Waals surface area (Å²) >= 11 is 5.92. The molecule has 0 aliphatic carbocycles. The van der Waals surface area contributed by atoms with Gasteiger partial charge in [0, 0.05) is 23.8 Å². The molecule has 0 bridgehead atoms. The molecule has 2 aromatic carbocycles. The first-order valence-electron chi connectivity index (χ1n) is 11.6. The predicted molar refractivity (Wildman–Crippen MR) is 136 cm³/mol. The molecule has 1 saturated heterocycles. The highest BCUT2D eigenvalue weighted by Crippen LogP contribution is 2.33. The lowest BCUT2D eigenvalue weighted by Gasteiger charge is -2.36. The van der Waals surface area contributed by atoms with Crippen molar-refractivity contribution >= 4 is 29.0 Å². The Bertz CT molecular complexity index is 1080. The number of rotatable bonds is 7. The lowest BCUT2D eigenvalue weighted by Crippen LogP contribution is -2.41. The second kappa shape index (κ2) is 10.8. The molecule has 2 atom stereocenters. The van der Waals surface area contributed by atoms with E-state index in [2.05, 4.69) is 59.0 Å². The van der Waals surface area contributed by atoms with Crippen LogP contribution in [0.1, 0.15) is 47.2 Å². The van der Waals surface area contributed by atoms with Crippen LogP contribution in [-0.4, -0.2) is 30.0 Å². The molecule has 0 radical (unpaired) electrons. The number of aromatic nitrogens is 1. The summed E-state index contributed by atoms with van der Waals surface area (Å²) in [7, 11) is 0. The van der Waals surface area contributed by atoms with E-state index in [0.29, 0.717) is 28.2 Å². The maximum Gasteiger partial charge on any atom is 0.258 e. The van der Waals surface area contributed by atoms with Crippen molar-refractivity contribution in [2.45, 2.75) is 38.6 Å². The number of pyridine rings is 1. The van der Waals surface area contributed by atoms with E-state index < -0.39 is 0 Å². The van der Waals surface area contributed by atoms with Crippen molar-refractivity contribution in [3.05, 3.63) is 88.6 Å². The van der Waals surface area contributed by atoms with Crippen molar-refractivity contribution in [2.75, 3.05) is 23.7 Å². The van der Waals surface area contributed by atoms with E-state index in [9.17, 15) is 4.79 Å². The molecule has 0 spiro atoms. The maximum absolute atomic E-state index is 13.1. The highest BCUT2D eigenvalue weighted by molar-refractivity contribution is 6.30. The number of para-hydroxylation sites is 1. The third kappa shape index (κ3) is 5.92. The Morgan fingerprint density at radius 2 is 1.88 bits per heavy atom. The van der Waals surface area contributed by atoms with Gasteiger partial charge in [0.25, 0.3) is 5.91 Å². The number of anilines is 2. The Morgan fingerprint density at radius 3 is 2.61 bits per heavy atom. The van der Waals surface area contributed by atoms with E-state index in [-0.39, 0.29) is 11.9 Å². The molecule has 2 unspecified atom stereocenters. The molecule has 1 aromatic heterocycles. The van der Waals surface area contributed by atoms with E-state index in [1.165, 1.54) is 17.3 Å². The van der Waals surface area contributed by atoms with Gasteiger partial charge in [-0.2, -0.15) is 0 Å². The molecule has 2 heterocycles. The van der Waals surface area contributed by atoms with E-state index in [1.54, 1.807) is 12.1 Å². The minimum absolute atomic E-state index is 0.194. The van der Waals surface area contributed by atoms with Crippen LogP contribution >= 0.6 is 11.6 Å². The summed E-state index contributed by atoms with van der Waals surface area (Å²) in [5.41, 5.74) is 4.02. The van der Waals surface area contributed by atoms with Crippen molar-refractivity contribution in [2.24, 2.45) is 5.92 Å². The van der Waals surface area contributed by atoms with Crippen LogP contribution in [-0.2, 0) is 0 Å². The van der Waals surface area contributed by atoms with E-state index in [1.807, 2.05) is 24.3 Å². The Hall–Kier alpha value is -2.89. The molecule has 3 aromatic rings. The van der Waals surface area contributed by atoms with Gasteiger partial charge in [0.1, 0.15) is 5.82 Å². The summed E-state index contributed by atoms with van der Waals surface area (Å²) in [6.07, 6.45) is 3.74. The zero-order chi connectivity index (χ0) is 23.2. The average Bonchev–Trinajstić information content (AvgIpc) is 2.84. The van der Waals surface area contributed by atoms with Crippen molar-refractivity contribution < 1.29 is 4.79 Å². The predicted octanol–water partition coefficient (Wildman–Crippen LogP) is 5.88. The highest BCUT2D eigenvalue weighted by Gasteiger charge is 2.30. The molecule has 5 nitrogen and oxygen atoms in total. The maximum atomic E-state index is 13.1. The molecule has 1 aliphatic rings. The number of hydrogen-bond acceptors (Lipinski definition) is 4. The smallest absolute Gasteiger partial charge is 0.258 e. The molecule has 33 heavy (non-hydrogen) atoms. The zero-order valence-electron chi connectivity index (χ0n) is 19.1. The summed E-state index contributed by atoms with van der Waals surface area (Å²) in [5, 5.41) is 10.7. The van der Waals surface area contributed by atoms with Gasteiger partial charge in [-0.3, -0.25) is 4.79 Å². The number of carbonyl (C=O) groups is 1. The largest absolute Gasteiger partial charge is 0.381 e. The van der Waals surface area contributed by atoms with E-state index in [4.69, 9.17) is 11.6 Å². The normalized spacial score (nSPS) is 16.1. The molecular formula is C27H31ClN4O. The Morgan fingerprint density at radius 1 is 1.09 bits per heavy atom. The number of piperidine rings is 1. The average molecular weight is 463 g/mol. The molecule has 1 aliphatic heterocycles. The number of aryl methyl sites for hydroxylation is 1. The van der Waals surface area contributed by atoms with Crippen LogP contribution in [0, 0.1) is 12.8 Å². The second-order valence-electron chi connectivity index (χ2n) is 8.82. The summed E-state index contributed by atoms with van der Waals surface area (Å²) in [6.45, 7) is 6.46. The lowest BCUT2D eigenvalue weighted by atomic mass is 9.79. The number of carbonyl (C=O) groups excluding carboxylic acids is 1. The third-order valence-corrected chi connectivity index (χ3v) is 6.68. The Balaban J connectivity index is 1.60. The monoisotopic (exact) mass is 462 g/mol. The fourth-order valence-electron chi connectivity index (χ4n) is 4.64. The van der Waals surface area contributed by atoms with E-state index in [0.717, 1.165) is 31.6 Å². The number of nitrogens with zero attached hydrogens (tertiary/aromatic N) is 1. The number of hydrogen-bond donors (Lipinski definition) is 3. The van der Waals surface area contributed by atoms with Crippen molar-refractivity contribution in [3.63, 3.8) is 0 Å². The fourth-order valence-corrected chi connectivity index (χ4v) is 4.75. The van der Waals surface area contributed by atoms with Crippen LogP contribution in [0.4, 0.5) is 11.5 Å². The van der Waals surface area contributed by atoms with Gasteiger partial charge in [-0.15, -0.1) is 0 Å². The minimum Gasteiger partial charge on any atom is -0.381 e. The summed E-state index contributed by atoms with van der Waals surface area (Å²) in [5.74, 6) is 1.08. The number of amides is 1. The van der Waals surface area contributed by atoms with Gasteiger partial charge >= 0.3 is 0 Å². The molecule has 0 saturated carbocycles. The number of benzene rings is 2. The Labute approximate surface area is 201 Å². The first-order valence-corrected chi connectivity index (χ1v) is 11.9. The molecule has 172 valence electrons.